The Balaban J connectivity index is 3.22. The van der Waals surface area contributed by atoms with Gasteiger partial charge >= 0.3 is 24.2 Å². The topological polar surface area (TPSA) is 150 Å². The fourth-order valence-corrected chi connectivity index (χ4v) is 3.05. The molecule has 39 heavy (non-hydrogen) atoms. The molecule has 1 rings (SSSR count). The highest BCUT2D eigenvalue weighted by Crippen LogP contribution is 2.32. The molecule has 2 N–H and O–H groups in total. The Bertz CT molecular complexity index is 993. The van der Waals surface area contributed by atoms with Crippen molar-refractivity contribution in [3.05, 3.63) is 23.8 Å². The summed E-state index contributed by atoms with van der Waals surface area (Å²) in [5.74, 6) is -1.35. The number of benzene rings is 1. The predicted octanol–water partition coefficient (Wildman–Crippen LogP) is 5.10. The van der Waals surface area contributed by atoms with Gasteiger partial charge in [0.2, 0.25) is 0 Å². The lowest BCUT2D eigenvalue weighted by atomic mass is 9.88. The minimum atomic E-state index is -1.57. The van der Waals surface area contributed by atoms with Gasteiger partial charge in [0, 0.05) is 12.8 Å². The maximum Gasteiger partial charge on any atom is 0.514 e. The van der Waals surface area contributed by atoms with Gasteiger partial charge in [-0.05, 0) is 64.7 Å². The van der Waals surface area contributed by atoms with Crippen LogP contribution in [0.15, 0.2) is 18.2 Å². The zero-order valence-corrected chi connectivity index (χ0v) is 24.3. The van der Waals surface area contributed by atoms with Crippen molar-refractivity contribution in [3.63, 3.8) is 0 Å². The molecule has 1 aromatic rings. The fourth-order valence-electron chi connectivity index (χ4n) is 3.05. The standard InChI is InChI=1S/C28H43NO10/c1-9-18(4)36-25(32)38-21-13-12-20(16-22(21)39-26(33)37-19(5)10-2)17-28(29,24(31)34-8)14-15-35-23(30)27(6,7)11-3/h12-13,16,18-19H,9-11,14-15,17,29H2,1-8H3/t18?,19?,28-/m1/s1. The molecule has 0 aliphatic carbocycles. The Kier molecular flexibility index (Phi) is 13.2. The van der Waals surface area contributed by atoms with Crippen molar-refractivity contribution in [2.45, 2.75) is 98.3 Å². The van der Waals surface area contributed by atoms with E-state index in [1.807, 2.05) is 20.8 Å². The van der Waals surface area contributed by atoms with Gasteiger partial charge in [-0.15, -0.1) is 0 Å². The van der Waals surface area contributed by atoms with E-state index < -0.39 is 41.3 Å². The van der Waals surface area contributed by atoms with Crippen molar-refractivity contribution in [2.24, 2.45) is 11.1 Å². The number of methoxy groups -OCH3 is 1. The van der Waals surface area contributed by atoms with Gasteiger partial charge in [-0.3, -0.25) is 9.59 Å². The lowest BCUT2D eigenvalue weighted by Crippen LogP contribution is -2.51. The normalized spacial score (nSPS) is 14.3. The second kappa shape index (κ2) is 15.3. The van der Waals surface area contributed by atoms with Crippen LogP contribution in [-0.4, -0.2) is 55.7 Å². The second-order valence-electron chi connectivity index (χ2n) is 10.1. The second-order valence-corrected chi connectivity index (χ2v) is 10.1. The van der Waals surface area contributed by atoms with Crippen LogP contribution in [-0.2, 0) is 35.0 Å². The van der Waals surface area contributed by atoms with Crippen molar-refractivity contribution in [1.29, 1.82) is 0 Å². The molecule has 0 bridgehead atoms. The van der Waals surface area contributed by atoms with Crippen LogP contribution in [0, 0.1) is 5.41 Å². The molecule has 0 radical (unpaired) electrons. The van der Waals surface area contributed by atoms with E-state index in [0.717, 1.165) is 0 Å². The summed E-state index contributed by atoms with van der Waals surface area (Å²) >= 11 is 0. The maximum atomic E-state index is 12.6. The molecule has 3 atom stereocenters. The third-order valence-electron chi connectivity index (χ3n) is 6.47. The average Bonchev–Trinajstić information content (AvgIpc) is 2.88. The molecule has 0 saturated heterocycles. The van der Waals surface area contributed by atoms with Gasteiger partial charge in [0.15, 0.2) is 11.5 Å². The third kappa shape index (κ3) is 10.7. The van der Waals surface area contributed by atoms with E-state index in [4.69, 9.17) is 34.2 Å². The molecule has 0 aliphatic heterocycles. The lowest BCUT2D eigenvalue weighted by Gasteiger charge is -2.28. The van der Waals surface area contributed by atoms with Gasteiger partial charge in [0.05, 0.1) is 19.1 Å². The molecule has 220 valence electrons. The molecule has 0 saturated carbocycles. The van der Waals surface area contributed by atoms with E-state index in [9.17, 15) is 19.2 Å². The Morgan fingerprint density at radius 2 is 1.41 bits per heavy atom. The highest BCUT2D eigenvalue weighted by molar-refractivity contribution is 5.81. The molecule has 0 aliphatic rings. The van der Waals surface area contributed by atoms with E-state index in [-0.39, 0.29) is 37.1 Å². The van der Waals surface area contributed by atoms with E-state index in [1.54, 1.807) is 33.8 Å². The number of ether oxygens (including phenoxy) is 6. The van der Waals surface area contributed by atoms with Crippen LogP contribution < -0.4 is 15.2 Å². The van der Waals surface area contributed by atoms with Crippen LogP contribution in [0.25, 0.3) is 0 Å². The number of carbonyl (C=O) groups is 4. The molecule has 0 fully saturated rings. The molecule has 0 spiro atoms. The first-order chi connectivity index (χ1) is 18.2. The van der Waals surface area contributed by atoms with Crippen molar-refractivity contribution < 1.29 is 47.6 Å². The first-order valence-electron chi connectivity index (χ1n) is 13.2. The van der Waals surface area contributed by atoms with Crippen LogP contribution in [0.5, 0.6) is 11.5 Å². The Hall–Kier alpha value is -3.34. The summed E-state index contributed by atoms with van der Waals surface area (Å²) < 4.78 is 31.2. The first-order valence-corrected chi connectivity index (χ1v) is 13.2. The molecule has 0 heterocycles. The van der Waals surface area contributed by atoms with E-state index >= 15 is 0 Å². The van der Waals surface area contributed by atoms with Crippen LogP contribution in [0.4, 0.5) is 9.59 Å². The van der Waals surface area contributed by atoms with Crippen LogP contribution in [0.2, 0.25) is 0 Å². The minimum absolute atomic E-state index is 0.0308. The lowest BCUT2D eigenvalue weighted by molar-refractivity contribution is -0.157. The van der Waals surface area contributed by atoms with Gasteiger partial charge in [0.1, 0.15) is 17.7 Å². The Labute approximate surface area is 230 Å². The Morgan fingerprint density at radius 3 is 1.90 bits per heavy atom. The van der Waals surface area contributed by atoms with Crippen LogP contribution >= 0.6 is 0 Å². The van der Waals surface area contributed by atoms with Crippen molar-refractivity contribution in [1.82, 2.24) is 0 Å². The monoisotopic (exact) mass is 553 g/mol. The molecule has 2 unspecified atom stereocenters. The molecule has 11 nitrogen and oxygen atoms in total. The van der Waals surface area contributed by atoms with Gasteiger partial charge in [-0.1, -0.05) is 26.8 Å². The maximum absolute atomic E-state index is 12.6. The van der Waals surface area contributed by atoms with Gasteiger partial charge in [-0.2, -0.15) is 0 Å². The number of carbonyl (C=O) groups excluding carboxylic acids is 4. The molecular formula is C28H43NO10. The molecule has 0 aromatic heterocycles. The Morgan fingerprint density at radius 1 is 0.872 bits per heavy atom. The predicted molar refractivity (Wildman–Crippen MR) is 142 cm³/mol. The highest BCUT2D eigenvalue weighted by Gasteiger charge is 2.37. The summed E-state index contributed by atoms with van der Waals surface area (Å²) in [7, 11) is 1.20. The third-order valence-corrected chi connectivity index (χ3v) is 6.47. The summed E-state index contributed by atoms with van der Waals surface area (Å²) in [5.41, 5.74) is 4.64. The zero-order chi connectivity index (χ0) is 29.8. The van der Waals surface area contributed by atoms with Crippen molar-refractivity contribution in [3.8, 4) is 11.5 Å². The quantitative estimate of drug-likeness (QED) is 0.186. The number of esters is 2. The molecule has 0 amide bonds. The van der Waals surface area contributed by atoms with Gasteiger partial charge in [-0.25, -0.2) is 9.59 Å². The summed E-state index contributed by atoms with van der Waals surface area (Å²) in [6.07, 6.45) is -1.14. The number of hydrogen-bond donors (Lipinski definition) is 1. The molecule has 1 aromatic carbocycles. The minimum Gasteiger partial charge on any atom is -0.468 e. The zero-order valence-electron chi connectivity index (χ0n) is 24.3. The number of rotatable bonds is 14. The van der Waals surface area contributed by atoms with E-state index in [2.05, 4.69) is 0 Å². The van der Waals surface area contributed by atoms with Crippen LogP contribution in [0.3, 0.4) is 0 Å². The average molecular weight is 554 g/mol. The van der Waals surface area contributed by atoms with Crippen molar-refractivity contribution >= 4 is 24.2 Å². The molecular weight excluding hydrogens is 510 g/mol. The fraction of sp³-hybridized carbons (Fsp3) is 0.643. The SMILES string of the molecule is CCC(C)OC(=O)Oc1ccc(C[C@](N)(CCOC(=O)C(C)(C)CC)C(=O)OC)cc1OC(=O)OC(C)CC. The van der Waals surface area contributed by atoms with Crippen LogP contribution in [0.1, 0.15) is 79.7 Å². The number of hydrogen-bond acceptors (Lipinski definition) is 11. The number of nitrogens with two attached hydrogens (primary N) is 1. The molecule has 11 heteroatoms. The largest absolute Gasteiger partial charge is 0.514 e. The van der Waals surface area contributed by atoms with E-state index in [0.29, 0.717) is 24.8 Å². The van der Waals surface area contributed by atoms with Gasteiger partial charge < -0.3 is 34.2 Å². The first kappa shape index (κ1) is 33.7. The van der Waals surface area contributed by atoms with Crippen molar-refractivity contribution in [2.75, 3.05) is 13.7 Å². The highest BCUT2D eigenvalue weighted by atomic mass is 16.7. The summed E-state index contributed by atoms with van der Waals surface area (Å²) in [6.45, 7) is 12.4. The van der Waals surface area contributed by atoms with E-state index in [1.165, 1.54) is 19.2 Å². The summed E-state index contributed by atoms with van der Waals surface area (Å²) in [4.78, 5) is 49.5. The smallest absolute Gasteiger partial charge is 0.468 e. The summed E-state index contributed by atoms with van der Waals surface area (Å²) in [6, 6.07) is 4.34. The van der Waals surface area contributed by atoms with Gasteiger partial charge in [0.25, 0.3) is 0 Å². The summed E-state index contributed by atoms with van der Waals surface area (Å²) in [5, 5.41) is 0.